The van der Waals surface area contributed by atoms with Crippen LogP contribution in [0.5, 0.6) is 0 Å². The van der Waals surface area contributed by atoms with Gasteiger partial charge in [-0.05, 0) is 78.9 Å². The van der Waals surface area contributed by atoms with Crippen molar-refractivity contribution in [3.63, 3.8) is 0 Å². The Kier molecular flexibility index (Phi) is 10.5. The highest BCUT2D eigenvalue weighted by molar-refractivity contribution is 6.36. The van der Waals surface area contributed by atoms with E-state index in [-0.39, 0.29) is 35.1 Å². The topological polar surface area (TPSA) is 118 Å². The molecule has 1 unspecified atom stereocenters. The number of nitriles is 1. The average Bonchev–Trinajstić information content (AvgIpc) is 3.66. The van der Waals surface area contributed by atoms with Gasteiger partial charge in [-0.2, -0.15) is 5.26 Å². The smallest absolute Gasteiger partial charge is 0.410 e. The van der Waals surface area contributed by atoms with Crippen molar-refractivity contribution in [2.75, 3.05) is 23.7 Å². The number of likely N-dealkylation sites (tertiary alicyclic amines) is 1. The molecule has 14 heteroatoms. The molecule has 0 spiro atoms. The highest BCUT2D eigenvalue weighted by Gasteiger charge is 2.31. The van der Waals surface area contributed by atoms with Crippen LogP contribution in [0, 0.1) is 29.9 Å². The molecular weight excluding hydrogens is 721 g/mol. The summed E-state index contributed by atoms with van der Waals surface area (Å²) < 4.78 is 33.8. The number of hydrazine groups is 2. The summed E-state index contributed by atoms with van der Waals surface area (Å²) in [4.78, 5) is 18.9. The van der Waals surface area contributed by atoms with Gasteiger partial charge in [-0.3, -0.25) is 9.99 Å². The third kappa shape index (κ3) is 7.93. The first-order valence-corrected chi connectivity index (χ1v) is 17.7. The van der Waals surface area contributed by atoms with E-state index in [0.717, 1.165) is 22.4 Å². The first-order chi connectivity index (χ1) is 25.7. The van der Waals surface area contributed by atoms with Crippen LogP contribution >= 0.6 is 23.2 Å². The molecule has 270 valence electrons. The van der Waals surface area contributed by atoms with Crippen LogP contribution in [-0.4, -0.2) is 40.1 Å². The number of halogens is 4. The van der Waals surface area contributed by atoms with E-state index in [1.807, 2.05) is 54.5 Å². The van der Waals surface area contributed by atoms with Crippen molar-refractivity contribution >= 4 is 57.3 Å². The first kappa shape index (κ1) is 35.8. The number of piperidine rings is 1. The zero-order chi connectivity index (χ0) is 37.1. The molecule has 1 amide bonds. The summed E-state index contributed by atoms with van der Waals surface area (Å²) in [6, 6.07) is 23.7. The lowest BCUT2D eigenvalue weighted by Gasteiger charge is -2.35. The summed E-state index contributed by atoms with van der Waals surface area (Å²) in [6.07, 6.45) is 4.47. The van der Waals surface area contributed by atoms with Crippen molar-refractivity contribution in [3.05, 3.63) is 141 Å². The van der Waals surface area contributed by atoms with Gasteiger partial charge < -0.3 is 25.7 Å². The lowest BCUT2D eigenvalue weighted by atomic mass is 9.98. The predicted molar refractivity (Wildman–Crippen MR) is 201 cm³/mol. The number of fused-ring (bicyclic) bond motifs is 1. The number of pyridine rings is 1. The number of rotatable bonds is 9. The van der Waals surface area contributed by atoms with E-state index in [4.69, 9.17) is 27.9 Å². The van der Waals surface area contributed by atoms with Gasteiger partial charge in [0.05, 0.1) is 38.6 Å². The summed E-state index contributed by atoms with van der Waals surface area (Å²) in [5.41, 5.74) is 11.9. The van der Waals surface area contributed by atoms with Gasteiger partial charge in [0.15, 0.2) is 0 Å². The maximum Gasteiger partial charge on any atom is 0.410 e. The molecule has 2 aliphatic heterocycles. The molecule has 0 aliphatic carbocycles. The minimum Gasteiger partial charge on any atom is -0.445 e. The molecule has 3 heterocycles. The van der Waals surface area contributed by atoms with Crippen LogP contribution in [0.2, 0.25) is 10.0 Å². The van der Waals surface area contributed by atoms with Crippen molar-refractivity contribution in [1.82, 2.24) is 25.9 Å². The Bertz CT molecular complexity index is 2240. The second-order valence-corrected chi connectivity index (χ2v) is 13.6. The maximum absolute atomic E-state index is 14.3. The van der Waals surface area contributed by atoms with Crippen LogP contribution in [0.15, 0.2) is 97.0 Å². The fourth-order valence-corrected chi connectivity index (χ4v) is 7.01. The van der Waals surface area contributed by atoms with E-state index in [1.54, 1.807) is 17.0 Å². The molecule has 53 heavy (non-hydrogen) atoms. The third-order valence-electron chi connectivity index (χ3n) is 9.33. The molecular formula is C39H34Cl2F2N8O2. The van der Waals surface area contributed by atoms with Crippen LogP contribution < -0.4 is 21.6 Å². The Balaban J connectivity index is 1.14. The molecule has 5 aromatic rings. The van der Waals surface area contributed by atoms with E-state index in [2.05, 4.69) is 32.6 Å². The van der Waals surface area contributed by atoms with Crippen molar-refractivity contribution in [2.45, 2.75) is 38.5 Å². The van der Waals surface area contributed by atoms with E-state index >= 15 is 0 Å². The van der Waals surface area contributed by atoms with Crippen LogP contribution in [-0.2, 0) is 11.3 Å². The minimum atomic E-state index is -0.568. The number of hydrogen-bond acceptors (Lipinski definition) is 9. The Morgan fingerprint density at radius 2 is 1.81 bits per heavy atom. The number of aryl methyl sites for hydroxylation is 1. The van der Waals surface area contributed by atoms with Crippen LogP contribution in [0.4, 0.5) is 30.6 Å². The number of ether oxygens (including phenoxy) is 1. The molecule has 0 radical (unpaired) electrons. The summed E-state index contributed by atoms with van der Waals surface area (Å²) in [5.74, 6) is -0.922. The Labute approximate surface area is 314 Å². The lowest BCUT2D eigenvalue weighted by Crippen LogP contribution is -2.49. The van der Waals surface area contributed by atoms with Crippen LogP contribution in [0.1, 0.15) is 41.1 Å². The van der Waals surface area contributed by atoms with E-state index < -0.39 is 11.9 Å². The molecule has 1 saturated heterocycles. The summed E-state index contributed by atoms with van der Waals surface area (Å²) in [6.45, 7) is 3.13. The van der Waals surface area contributed by atoms with E-state index in [0.29, 0.717) is 58.9 Å². The first-order valence-electron chi connectivity index (χ1n) is 16.9. The van der Waals surface area contributed by atoms with Crippen LogP contribution in [0.25, 0.3) is 10.9 Å². The molecule has 1 fully saturated rings. The molecule has 1 aromatic heterocycles. The lowest BCUT2D eigenvalue weighted by molar-refractivity contribution is 0.0681. The normalized spacial score (nSPS) is 15.1. The van der Waals surface area contributed by atoms with Gasteiger partial charge in [0, 0.05) is 48.3 Å². The van der Waals surface area contributed by atoms with Gasteiger partial charge in [0.25, 0.3) is 0 Å². The molecule has 1 atom stereocenters. The number of anilines is 3. The number of aromatic nitrogens is 1. The second kappa shape index (κ2) is 15.6. The monoisotopic (exact) mass is 754 g/mol. The number of nitrogens with one attached hydrogen (secondary N) is 4. The number of hydrogen-bond donors (Lipinski definition) is 4. The number of amides is 1. The van der Waals surface area contributed by atoms with Crippen LogP contribution in [0.3, 0.4) is 0 Å². The molecule has 0 saturated carbocycles. The SMILES string of the molecule is Cc1cc(F)ccc1C(Nc1cc(Cl)c2ncc(C#N)c(Nc3ccc(F)c(Cl)c3)c2c1)C1=CN(C2CCN(C(=O)OCc3ccccc3)CC2)NN1. The number of carbonyl (C=O) groups excluding carboxylic acids is 1. The fraction of sp³-hybridized carbons (Fsp3) is 0.205. The van der Waals surface area contributed by atoms with Gasteiger partial charge in [0.2, 0.25) is 0 Å². The Morgan fingerprint density at radius 1 is 1.04 bits per heavy atom. The zero-order valence-electron chi connectivity index (χ0n) is 28.5. The minimum absolute atomic E-state index is 0.0725. The van der Waals surface area contributed by atoms with Crippen molar-refractivity contribution in [2.24, 2.45) is 0 Å². The third-order valence-corrected chi connectivity index (χ3v) is 9.91. The summed E-state index contributed by atoms with van der Waals surface area (Å²) >= 11 is 12.9. The molecule has 10 nitrogen and oxygen atoms in total. The molecule has 0 bridgehead atoms. The Morgan fingerprint density at radius 3 is 2.55 bits per heavy atom. The van der Waals surface area contributed by atoms with Gasteiger partial charge in [-0.1, -0.05) is 59.6 Å². The van der Waals surface area contributed by atoms with Gasteiger partial charge >= 0.3 is 6.09 Å². The summed E-state index contributed by atoms with van der Waals surface area (Å²) in [7, 11) is 0. The number of carbonyl (C=O) groups is 1. The Hall–Kier alpha value is -5.61. The van der Waals surface area contributed by atoms with Gasteiger partial charge in [-0.25, -0.2) is 13.6 Å². The summed E-state index contributed by atoms with van der Waals surface area (Å²) in [5, 5.41) is 19.5. The number of benzene rings is 4. The van der Waals surface area contributed by atoms with Crippen molar-refractivity contribution in [3.8, 4) is 6.07 Å². The highest BCUT2D eigenvalue weighted by Crippen LogP contribution is 2.38. The average molecular weight is 756 g/mol. The fourth-order valence-electron chi connectivity index (χ4n) is 6.56. The van der Waals surface area contributed by atoms with Gasteiger partial charge in [-0.15, -0.1) is 5.53 Å². The van der Waals surface area contributed by atoms with Gasteiger partial charge in [0.1, 0.15) is 24.3 Å². The standard InChI is InChI=1S/C39H34Cl2F2N8O2/c1-23-15-26(42)7-9-30(23)38(35-21-51(49-48-35)29-11-13-50(14-12-29)39(52)53-22-24-5-3-2-4-6-24)47-28-16-31-36(46-27-8-10-34(43)32(40)17-27)25(19-44)20-45-37(31)33(41)18-28/h2-10,15-18,20-21,29,38,47-49H,11-14,22H2,1H3,(H,45,46). The van der Waals surface area contributed by atoms with Crippen molar-refractivity contribution < 1.29 is 18.3 Å². The number of nitrogens with zero attached hydrogens (tertiary/aromatic N) is 4. The molecule has 7 rings (SSSR count). The maximum atomic E-state index is 14.3. The van der Waals surface area contributed by atoms with E-state index in [9.17, 15) is 18.8 Å². The second-order valence-electron chi connectivity index (χ2n) is 12.8. The zero-order valence-corrected chi connectivity index (χ0v) is 30.0. The predicted octanol–water partition coefficient (Wildman–Crippen LogP) is 8.86. The molecule has 2 aliphatic rings. The van der Waals surface area contributed by atoms with Crippen molar-refractivity contribution in [1.29, 1.82) is 5.26 Å². The van der Waals surface area contributed by atoms with E-state index in [1.165, 1.54) is 36.5 Å². The quantitative estimate of drug-likeness (QED) is 0.117. The highest BCUT2D eigenvalue weighted by atomic mass is 35.5. The molecule has 4 N–H and O–H groups in total. The largest absolute Gasteiger partial charge is 0.445 e. The molecule has 4 aromatic carbocycles.